The number of aromatic nitrogens is 4. The maximum Gasteiger partial charge on any atom is 0.273 e. The van der Waals surface area contributed by atoms with Crippen LogP contribution < -0.4 is 5.32 Å². The summed E-state index contributed by atoms with van der Waals surface area (Å²) in [6.45, 7) is 0.615. The first-order valence-electron chi connectivity index (χ1n) is 5.83. The van der Waals surface area contributed by atoms with Crippen LogP contribution in [0, 0.1) is 0 Å². The summed E-state index contributed by atoms with van der Waals surface area (Å²) in [7, 11) is 5.22. The summed E-state index contributed by atoms with van der Waals surface area (Å²) in [5.41, 5.74) is 1.38. The van der Waals surface area contributed by atoms with Gasteiger partial charge in [0.2, 0.25) is 0 Å². The Morgan fingerprint density at radius 2 is 2.16 bits per heavy atom. The minimum absolute atomic E-state index is 0.161. The number of anilines is 1. The summed E-state index contributed by atoms with van der Waals surface area (Å²) < 4.78 is 1.74. The molecule has 0 aliphatic heterocycles. The molecule has 0 aromatic carbocycles. The second-order valence-corrected chi connectivity index (χ2v) is 4.38. The standard InChI is InChI=1S/C12H16N6O/c1-17(2)12(19)10-4-5-11(16-15-10)13-6-9-7-14-18(3)8-9/h4-5,7-8H,6H2,1-3H3,(H,13,16). The molecule has 0 radical (unpaired) electrons. The zero-order chi connectivity index (χ0) is 13.8. The third kappa shape index (κ3) is 3.27. The van der Waals surface area contributed by atoms with E-state index in [9.17, 15) is 4.79 Å². The topological polar surface area (TPSA) is 75.9 Å². The number of nitrogens with zero attached hydrogens (tertiary/aromatic N) is 5. The highest BCUT2D eigenvalue weighted by Gasteiger charge is 2.09. The summed E-state index contributed by atoms with van der Waals surface area (Å²) in [6, 6.07) is 3.39. The molecular formula is C12H16N6O. The van der Waals surface area contributed by atoms with Crippen molar-refractivity contribution in [3.05, 3.63) is 35.8 Å². The quantitative estimate of drug-likeness (QED) is 0.867. The Morgan fingerprint density at radius 1 is 1.37 bits per heavy atom. The van der Waals surface area contributed by atoms with Gasteiger partial charge in [0.05, 0.1) is 6.20 Å². The van der Waals surface area contributed by atoms with Crippen LogP contribution in [0.2, 0.25) is 0 Å². The van der Waals surface area contributed by atoms with Gasteiger partial charge >= 0.3 is 0 Å². The fourth-order valence-electron chi connectivity index (χ4n) is 1.53. The van der Waals surface area contributed by atoms with Crippen molar-refractivity contribution in [1.82, 2.24) is 24.9 Å². The van der Waals surface area contributed by atoms with E-state index in [0.29, 0.717) is 18.1 Å². The molecule has 2 aromatic heterocycles. The zero-order valence-corrected chi connectivity index (χ0v) is 11.2. The Balaban J connectivity index is 1.97. The lowest BCUT2D eigenvalue weighted by Gasteiger charge is -2.09. The van der Waals surface area contributed by atoms with Crippen molar-refractivity contribution in [1.29, 1.82) is 0 Å². The molecule has 7 nitrogen and oxygen atoms in total. The van der Waals surface area contributed by atoms with Crippen molar-refractivity contribution in [3.8, 4) is 0 Å². The van der Waals surface area contributed by atoms with E-state index in [1.807, 2.05) is 13.2 Å². The molecule has 1 amide bonds. The van der Waals surface area contributed by atoms with Crippen LogP contribution in [0.5, 0.6) is 0 Å². The number of aryl methyl sites for hydroxylation is 1. The van der Waals surface area contributed by atoms with Gasteiger partial charge in [-0.15, -0.1) is 10.2 Å². The van der Waals surface area contributed by atoms with Crippen LogP contribution in [0.1, 0.15) is 16.1 Å². The first-order chi connectivity index (χ1) is 9.06. The molecule has 0 fully saturated rings. The van der Waals surface area contributed by atoms with Crippen molar-refractivity contribution in [2.75, 3.05) is 19.4 Å². The molecule has 0 aliphatic carbocycles. The van der Waals surface area contributed by atoms with Gasteiger partial charge in [0.15, 0.2) is 5.69 Å². The van der Waals surface area contributed by atoms with Crippen LogP contribution in [0.15, 0.2) is 24.5 Å². The van der Waals surface area contributed by atoms with Gasteiger partial charge in [-0.2, -0.15) is 5.10 Å². The second-order valence-electron chi connectivity index (χ2n) is 4.38. The highest BCUT2D eigenvalue weighted by Crippen LogP contribution is 2.06. The van der Waals surface area contributed by atoms with Crippen LogP contribution in [-0.2, 0) is 13.6 Å². The monoisotopic (exact) mass is 260 g/mol. The summed E-state index contributed by atoms with van der Waals surface area (Å²) in [6.07, 6.45) is 3.70. The van der Waals surface area contributed by atoms with Crippen molar-refractivity contribution < 1.29 is 4.79 Å². The maximum absolute atomic E-state index is 11.6. The Morgan fingerprint density at radius 3 is 2.68 bits per heavy atom. The van der Waals surface area contributed by atoms with E-state index in [0.717, 1.165) is 5.56 Å². The Kier molecular flexibility index (Phi) is 3.74. The smallest absolute Gasteiger partial charge is 0.273 e. The minimum Gasteiger partial charge on any atom is -0.364 e. The molecule has 0 bridgehead atoms. The molecule has 0 saturated heterocycles. The highest BCUT2D eigenvalue weighted by atomic mass is 16.2. The van der Waals surface area contributed by atoms with Crippen molar-refractivity contribution >= 4 is 11.7 Å². The van der Waals surface area contributed by atoms with Crippen LogP contribution in [0.3, 0.4) is 0 Å². The summed E-state index contributed by atoms with van der Waals surface area (Å²) in [5.74, 6) is 0.463. The van der Waals surface area contributed by atoms with Gasteiger partial charge in [0.1, 0.15) is 5.82 Å². The molecule has 1 N–H and O–H groups in total. The summed E-state index contributed by atoms with van der Waals surface area (Å²) >= 11 is 0. The summed E-state index contributed by atoms with van der Waals surface area (Å²) in [5, 5.41) is 15.1. The van der Waals surface area contributed by atoms with E-state index in [1.54, 1.807) is 37.1 Å². The number of nitrogens with one attached hydrogen (secondary N) is 1. The molecule has 0 atom stereocenters. The Hall–Kier alpha value is -2.44. The van der Waals surface area contributed by atoms with Gasteiger partial charge in [0.25, 0.3) is 5.91 Å². The summed E-state index contributed by atoms with van der Waals surface area (Å²) in [4.78, 5) is 13.1. The number of carbonyl (C=O) groups excluding carboxylic acids is 1. The fourth-order valence-corrected chi connectivity index (χ4v) is 1.53. The van der Waals surface area contributed by atoms with E-state index in [-0.39, 0.29) is 5.91 Å². The van der Waals surface area contributed by atoms with Crippen LogP contribution in [-0.4, -0.2) is 44.9 Å². The highest BCUT2D eigenvalue weighted by molar-refractivity contribution is 5.91. The van der Waals surface area contributed by atoms with Crippen LogP contribution in [0.4, 0.5) is 5.82 Å². The molecule has 7 heteroatoms. The predicted octanol–water partition coefficient (Wildman–Crippen LogP) is 0.524. The molecule has 2 heterocycles. The lowest BCUT2D eigenvalue weighted by Crippen LogP contribution is -2.23. The van der Waals surface area contributed by atoms with E-state index in [1.165, 1.54) is 4.90 Å². The molecule has 2 aromatic rings. The average Bonchev–Trinajstić information content (AvgIpc) is 2.82. The molecule has 0 unspecified atom stereocenters. The second kappa shape index (κ2) is 5.47. The zero-order valence-electron chi connectivity index (χ0n) is 11.2. The van der Waals surface area contributed by atoms with E-state index in [4.69, 9.17) is 0 Å². The number of amides is 1. The van der Waals surface area contributed by atoms with Gasteiger partial charge in [0, 0.05) is 39.4 Å². The molecule has 2 rings (SSSR count). The maximum atomic E-state index is 11.6. The van der Waals surface area contributed by atoms with E-state index in [2.05, 4.69) is 20.6 Å². The third-order valence-electron chi connectivity index (χ3n) is 2.52. The lowest BCUT2D eigenvalue weighted by atomic mass is 10.3. The first kappa shape index (κ1) is 13.0. The SMILES string of the molecule is CN(C)C(=O)c1ccc(NCc2cnn(C)c2)nn1. The van der Waals surface area contributed by atoms with Gasteiger partial charge in [-0.3, -0.25) is 9.48 Å². The van der Waals surface area contributed by atoms with Gasteiger partial charge in [-0.05, 0) is 12.1 Å². The number of hydrogen-bond donors (Lipinski definition) is 1. The fraction of sp³-hybridized carbons (Fsp3) is 0.333. The van der Waals surface area contributed by atoms with E-state index < -0.39 is 0 Å². The van der Waals surface area contributed by atoms with Crippen molar-refractivity contribution in [3.63, 3.8) is 0 Å². The van der Waals surface area contributed by atoms with Crippen molar-refractivity contribution in [2.24, 2.45) is 7.05 Å². The van der Waals surface area contributed by atoms with Gasteiger partial charge < -0.3 is 10.2 Å². The minimum atomic E-state index is -0.161. The lowest BCUT2D eigenvalue weighted by molar-refractivity contribution is 0.0821. The molecular weight excluding hydrogens is 244 g/mol. The molecule has 0 saturated carbocycles. The molecule has 100 valence electrons. The predicted molar refractivity (Wildman–Crippen MR) is 70.6 cm³/mol. The molecule has 0 spiro atoms. The van der Waals surface area contributed by atoms with Crippen LogP contribution in [0.25, 0.3) is 0 Å². The normalized spacial score (nSPS) is 10.3. The van der Waals surface area contributed by atoms with Crippen LogP contribution >= 0.6 is 0 Å². The number of carbonyl (C=O) groups is 1. The van der Waals surface area contributed by atoms with E-state index >= 15 is 0 Å². The third-order valence-corrected chi connectivity index (χ3v) is 2.52. The first-order valence-corrected chi connectivity index (χ1v) is 5.83. The Labute approximate surface area is 111 Å². The number of rotatable bonds is 4. The average molecular weight is 260 g/mol. The molecule has 19 heavy (non-hydrogen) atoms. The molecule has 0 aliphatic rings. The largest absolute Gasteiger partial charge is 0.364 e. The number of hydrogen-bond acceptors (Lipinski definition) is 5. The Bertz CT molecular complexity index is 560. The van der Waals surface area contributed by atoms with Gasteiger partial charge in [-0.25, -0.2) is 0 Å². The van der Waals surface area contributed by atoms with Crippen molar-refractivity contribution in [2.45, 2.75) is 6.54 Å². The van der Waals surface area contributed by atoms with Gasteiger partial charge in [-0.1, -0.05) is 0 Å².